The van der Waals surface area contributed by atoms with Crippen molar-refractivity contribution in [1.82, 2.24) is 5.32 Å². The van der Waals surface area contributed by atoms with Crippen LogP contribution < -0.4 is 10.2 Å². The summed E-state index contributed by atoms with van der Waals surface area (Å²) in [7, 11) is 4.00. The van der Waals surface area contributed by atoms with Gasteiger partial charge in [0.05, 0.1) is 0 Å². The fourth-order valence-corrected chi connectivity index (χ4v) is 2.26. The quantitative estimate of drug-likeness (QED) is 0.868. The first kappa shape index (κ1) is 14.5. The molecule has 0 aliphatic rings. The number of nitrogens with zero attached hydrogens (tertiary/aromatic N) is 1. The number of rotatable bonds is 6. The molecular weight excluding hydrogens is 251 g/mol. The van der Waals surface area contributed by atoms with Crippen molar-refractivity contribution in [3.8, 4) is 0 Å². The van der Waals surface area contributed by atoms with Gasteiger partial charge in [-0.25, -0.2) is 4.39 Å². The van der Waals surface area contributed by atoms with Crippen molar-refractivity contribution >= 4 is 5.69 Å². The lowest BCUT2D eigenvalue weighted by Crippen LogP contribution is -2.18. The fraction of sp³-hybridized carbons (Fsp3) is 0.294. The Kier molecular flexibility index (Phi) is 5.13. The molecule has 0 saturated carbocycles. The average molecular weight is 272 g/mol. The third-order valence-electron chi connectivity index (χ3n) is 3.44. The molecule has 1 N–H and O–H groups in total. The number of likely N-dealkylation sites (N-methyl/N-ethyl adjacent to an activating group) is 1. The van der Waals surface area contributed by atoms with Crippen molar-refractivity contribution in [2.45, 2.75) is 13.0 Å². The van der Waals surface area contributed by atoms with E-state index < -0.39 is 0 Å². The van der Waals surface area contributed by atoms with Crippen LogP contribution in [-0.2, 0) is 13.0 Å². The Morgan fingerprint density at radius 3 is 2.30 bits per heavy atom. The zero-order valence-electron chi connectivity index (χ0n) is 12.1. The van der Waals surface area contributed by atoms with Crippen molar-refractivity contribution in [3.05, 3.63) is 65.5 Å². The maximum Gasteiger partial charge on any atom is 0.123 e. The van der Waals surface area contributed by atoms with Crippen LogP contribution in [0.2, 0.25) is 0 Å². The SMILES string of the molecule is CNCCc1ccccc1CN(C)c1ccc(F)cc1. The van der Waals surface area contributed by atoms with Gasteiger partial charge in [-0.3, -0.25) is 0 Å². The van der Waals surface area contributed by atoms with Gasteiger partial charge in [0.1, 0.15) is 5.82 Å². The molecule has 2 nitrogen and oxygen atoms in total. The second-order valence-electron chi connectivity index (χ2n) is 4.95. The van der Waals surface area contributed by atoms with E-state index in [0.29, 0.717) is 0 Å². The third-order valence-corrected chi connectivity index (χ3v) is 3.44. The van der Waals surface area contributed by atoms with Crippen LogP contribution in [0.3, 0.4) is 0 Å². The van der Waals surface area contributed by atoms with Crippen molar-refractivity contribution < 1.29 is 4.39 Å². The van der Waals surface area contributed by atoms with E-state index in [0.717, 1.165) is 25.2 Å². The zero-order chi connectivity index (χ0) is 14.4. The molecule has 0 heterocycles. The summed E-state index contributed by atoms with van der Waals surface area (Å²) in [4.78, 5) is 2.14. The Morgan fingerprint density at radius 2 is 1.65 bits per heavy atom. The molecule has 3 heteroatoms. The molecule has 0 radical (unpaired) electrons. The minimum absolute atomic E-state index is 0.198. The van der Waals surface area contributed by atoms with E-state index in [2.05, 4.69) is 34.5 Å². The highest BCUT2D eigenvalue weighted by atomic mass is 19.1. The second kappa shape index (κ2) is 7.06. The molecule has 2 aromatic carbocycles. The van der Waals surface area contributed by atoms with Crippen LogP contribution in [0.15, 0.2) is 48.5 Å². The number of benzene rings is 2. The van der Waals surface area contributed by atoms with Crippen LogP contribution in [0.5, 0.6) is 0 Å². The first-order valence-electron chi connectivity index (χ1n) is 6.89. The minimum Gasteiger partial charge on any atom is -0.370 e. The lowest BCUT2D eigenvalue weighted by atomic mass is 10.0. The van der Waals surface area contributed by atoms with Gasteiger partial charge in [0.25, 0.3) is 0 Å². The molecule has 0 spiro atoms. The Bertz CT molecular complexity index is 537. The van der Waals surface area contributed by atoms with Crippen molar-refractivity contribution in [2.24, 2.45) is 0 Å². The molecule has 0 fully saturated rings. The molecule has 0 saturated heterocycles. The normalized spacial score (nSPS) is 10.6. The van der Waals surface area contributed by atoms with Gasteiger partial charge in [-0.1, -0.05) is 24.3 Å². The molecule has 0 bridgehead atoms. The van der Waals surface area contributed by atoms with Gasteiger partial charge in [-0.15, -0.1) is 0 Å². The average Bonchev–Trinajstić information content (AvgIpc) is 2.47. The van der Waals surface area contributed by atoms with Crippen LogP contribution in [0.1, 0.15) is 11.1 Å². The van der Waals surface area contributed by atoms with Crippen LogP contribution in [0.4, 0.5) is 10.1 Å². The molecule has 106 valence electrons. The number of nitrogens with one attached hydrogen (secondary N) is 1. The standard InChI is InChI=1S/C17H21FN2/c1-19-12-11-14-5-3-4-6-15(14)13-20(2)17-9-7-16(18)8-10-17/h3-10,19H,11-13H2,1-2H3. The number of hydrogen-bond acceptors (Lipinski definition) is 2. The number of anilines is 1. The molecular formula is C17H21FN2. The summed E-state index contributed by atoms with van der Waals surface area (Å²) in [5, 5.41) is 3.18. The minimum atomic E-state index is -0.198. The van der Waals surface area contributed by atoms with Gasteiger partial charge < -0.3 is 10.2 Å². The van der Waals surface area contributed by atoms with Gasteiger partial charge >= 0.3 is 0 Å². The Labute approximate surface area is 120 Å². The molecule has 2 rings (SSSR count). The lowest BCUT2D eigenvalue weighted by Gasteiger charge is -2.21. The summed E-state index contributed by atoms with van der Waals surface area (Å²) in [5.41, 5.74) is 3.69. The van der Waals surface area contributed by atoms with Crippen molar-refractivity contribution in [2.75, 3.05) is 25.5 Å². The Hall–Kier alpha value is -1.87. The maximum atomic E-state index is 13.0. The lowest BCUT2D eigenvalue weighted by molar-refractivity contribution is 0.627. The molecule has 20 heavy (non-hydrogen) atoms. The monoisotopic (exact) mass is 272 g/mol. The largest absolute Gasteiger partial charge is 0.370 e. The van der Waals surface area contributed by atoms with E-state index in [1.54, 1.807) is 0 Å². The summed E-state index contributed by atoms with van der Waals surface area (Å²) in [6.07, 6.45) is 1.02. The summed E-state index contributed by atoms with van der Waals surface area (Å²) in [6, 6.07) is 15.1. The van der Waals surface area contributed by atoms with E-state index in [1.165, 1.54) is 23.3 Å². The Morgan fingerprint density at radius 1 is 1.00 bits per heavy atom. The predicted octanol–water partition coefficient (Wildman–Crippen LogP) is 3.22. The van der Waals surface area contributed by atoms with E-state index >= 15 is 0 Å². The predicted molar refractivity (Wildman–Crippen MR) is 82.6 cm³/mol. The van der Waals surface area contributed by atoms with Gasteiger partial charge in [0, 0.05) is 19.3 Å². The maximum absolute atomic E-state index is 13.0. The topological polar surface area (TPSA) is 15.3 Å². The first-order valence-corrected chi connectivity index (χ1v) is 6.89. The highest BCUT2D eigenvalue weighted by molar-refractivity contribution is 5.46. The highest BCUT2D eigenvalue weighted by Gasteiger charge is 2.06. The molecule has 0 aliphatic heterocycles. The zero-order valence-corrected chi connectivity index (χ0v) is 12.1. The fourth-order valence-electron chi connectivity index (χ4n) is 2.26. The first-order chi connectivity index (χ1) is 9.70. The number of halogens is 1. The van der Waals surface area contributed by atoms with Crippen LogP contribution in [-0.4, -0.2) is 20.6 Å². The van der Waals surface area contributed by atoms with Gasteiger partial charge in [0.15, 0.2) is 0 Å². The van der Waals surface area contributed by atoms with Gasteiger partial charge in [-0.2, -0.15) is 0 Å². The van der Waals surface area contributed by atoms with E-state index in [-0.39, 0.29) is 5.82 Å². The number of hydrogen-bond donors (Lipinski definition) is 1. The van der Waals surface area contributed by atoms with E-state index in [1.807, 2.05) is 26.2 Å². The summed E-state index contributed by atoms with van der Waals surface area (Å²) < 4.78 is 13.0. The summed E-state index contributed by atoms with van der Waals surface area (Å²) in [6.45, 7) is 1.79. The van der Waals surface area contributed by atoms with Crippen LogP contribution in [0, 0.1) is 5.82 Å². The van der Waals surface area contributed by atoms with E-state index in [9.17, 15) is 4.39 Å². The van der Waals surface area contributed by atoms with Crippen LogP contribution in [0.25, 0.3) is 0 Å². The molecule has 0 atom stereocenters. The Balaban J connectivity index is 2.10. The van der Waals surface area contributed by atoms with E-state index in [4.69, 9.17) is 0 Å². The highest BCUT2D eigenvalue weighted by Crippen LogP contribution is 2.18. The third kappa shape index (κ3) is 3.81. The molecule has 0 unspecified atom stereocenters. The second-order valence-corrected chi connectivity index (χ2v) is 4.95. The van der Waals surface area contributed by atoms with Gasteiger partial charge in [-0.05, 0) is 55.4 Å². The molecule has 0 aliphatic carbocycles. The van der Waals surface area contributed by atoms with Crippen molar-refractivity contribution in [1.29, 1.82) is 0 Å². The smallest absolute Gasteiger partial charge is 0.123 e. The van der Waals surface area contributed by atoms with Crippen LogP contribution >= 0.6 is 0 Å². The molecule has 2 aromatic rings. The molecule has 0 amide bonds. The van der Waals surface area contributed by atoms with Crippen molar-refractivity contribution in [3.63, 3.8) is 0 Å². The summed E-state index contributed by atoms with van der Waals surface area (Å²) >= 11 is 0. The van der Waals surface area contributed by atoms with Gasteiger partial charge in [0.2, 0.25) is 0 Å². The summed E-state index contributed by atoms with van der Waals surface area (Å²) in [5.74, 6) is -0.198. The molecule has 0 aromatic heterocycles.